The molecule has 4 nitrogen and oxygen atoms in total. The average Bonchev–Trinajstić information content (AvgIpc) is 2.31. The van der Waals surface area contributed by atoms with Crippen molar-refractivity contribution in [3.63, 3.8) is 0 Å². The Morgan fingerprint density at radius 1 is 1.71 bits per heavy atom. The van der Waals surface area contributed by atoms with Gasteiger partial charge in [-0.25, -0.2) is 4.98 Å². The summed E-state index contributed by atoms with van der Waals surface area (Å²) in [5.41, 5.74) is 0. The minimum Gasteiger partial charge on any atom is -0.315 e. The second-order valence-corrected chi connectivity index (χ2v) is 4.36. The molecule has 1 amide bonds. The fourth-order valence-electron chi connectivity index (χ4n) is 1.09. The van der Waals surface area contributed by atoms with E-state index in [1.807, 2.05) is 6.92 Å². The summed E-state index contributed by atoms with van der Waals surface area (Å²) in [5, 5.41) is 6.55. The minimum atomic E-state index is 0. The molecule has 1 aliphatic heterocycles. The van der Waals surface area contributed by atoms with Gasteiger partial charge in [0.2, 0.25) is 5.91 Å². The molecule has 6 heteroatoms. The fraction of sp³-hybridized carbons (Fsp3) is 0.500. The summed E-state index contributed by atoms with van der Waals surface area (Å²) in [6.07, 6.45) is 1.76. The van der Waals surface area contributed by atoms with Crippen LogP contribution in [0.15, 0.2) is 6.20 Å². The fourth-order valence-corrected chi connectivity index (χ4v) is 1.76. The van der Waals surface area contributed by atoms with E-state index in [-0.39, 0.29) is 24.2 Å². The number of halogens is 1. The highest BCUT2D eigenvalue weighted by Crippen LogP contribution is 2.17. The summed E-state index contributed by atoms with van der Waals surface area (Å²) in [7, 11) is 0. The third kappa shape index (κ3) is 2.43. The first-order chi connectivity index (χ1) is 6.25. The third-order valence-corrected chi connectivity index (χ3v) is 2.83. The Hall–Kier alpha value is -0.650. The van der Waals surface area contributed by atoms with Crippen molar-refractivity contribution in [1.29, 1.82) is 0 Å². The van der Waals surface area contributed by atoms with E-state index in [1.165, 1.54) is 11.3 Å². The van der Waals surface area contributed by atoms with E-state index in [1.54, 1.807) is 6.20 Å². The lowest BCUT2D eigenvalue weighted by atomic mass is 10.0. The van der Waals surface area contributed by atoms with Crippen molar-refractivity contribution in [2.45, 2.75) is 6.92 Å². The molecular weight excluding hydrogens is 222 g/mol. The number of nitrogens with one attached hydrogen (secondary N) is 2. The van der Waals surface area contributed by atoms with Crippen molar-refractivity contribution in [3.8, 4) is 0 Å². The van der Waals surface area contributed by atoms with E-state index >= 15 is 0 Å². The zero-order chi connectivity index (χ0) is 9.26. The number of anilines is 1. The maximum atomic E-state index is 11.4. The Labute approximate surface area is 92.5 Å². The monoisotopic (exact) mass is 233 g/mol. The van der Waals surface area contributed by atoms with E-state index in [0.29, 0.717) is 5.13 Å². The number of hydrogen-bond donors (Lipinski definition) is 2. The van der Waals surface area contributed by atoms with Crippen LogP contribution in [0.25, 0.3) is 0 Å². The highest BCUT2D eigenvalue weighted by Gasteiger charge is 2.25. The molecule has 0 bridgehead atoms. The van der Waals surface area contributed by atoms with Gasteiger partial charge in [0.05, 0.1) is 5.92 Å². The Balaban J connectivity index is 0.000000980. The van der Waals surface area contributed by atoms with Crippen LogP contribution < -0.4 is 10.6 Å². The first-order valence-corrected chi connectivity index (χ1v) is 5.01. The molecule has 0 spiro atoms. The van der Waals surface area contributed by atoms with Crippen molar-refractivity contribution in [3.05, 3.63) is 11.1 Å². The zero-order valence-electron chi connectivity index (χ0n) is 7.74. The third-order valence-electron chi connectivity index (χ3n) is 2.00. The van der Waals surface area contributed by atoms with Crippen molar-refractivity contribution < 1.29 is 4.79 Å². The van der Waals surface area contributed by atoms with Crippen LogP contribution in [0, 0.1) is 12.8 Å². The smallest absolute Gasteiger partial charge is 0.231 e. The number of rotatable bonds is 2. The molecule has 1 aliphatic rings. The average molecular weight is 234 g/mol. The van der Waals surface area contributed by atoms with Gasteiger partial charge in [-0.3, -0.25) is 4.79 Å². The number of hydrogen-bond acceptors (Lipinski definition) is 4. The largest absolute Gasteiger partial charge is 0.315 e. The standard InChI is InChI=1S/C8H11N3OS.ClH/c1-5-2-10-8(13-5)11-7(12)6-3-9-4-6;/h2,6,9H,3-4H2,1H3,(H,10,11,12);1H. The summed E-state index contributed by atoms with van der Waals surface area (Å²) >= 11 is 1.50. The molecule has 2 rings (SSSR count). The molecule has 14 heavy (non-hydrogen) atoms. The van der Waals surface area contributed by atoms with Gasteiger partial charge in [0.15, 0.2) is 5.13 Å². The maximum absolute atomic E-state index is 11.4. The van der Waals surface area contributed by atoms with Crippen LogP contribution in [0.1, 0.15) is 4.88 Å². The SMILES string of the molecule is Cc1cnc(NC(=O)C2CNC2)s1.Cl. The molecule has 0 atom stereocenters. The van der Waals surface area contributed by atoms with E-state index in [4.69, 9.17) is 0 Å². The number of nitrogens with zero attached hydrogens (tertiary/aromatic N) is 1. The Bertz CT molecular complexity index is 324. The van der Waals surface area contributed by atoms with Crippen LogP contribution >= 0.6 is 23.7 Å². The van der Waals surface area contributed by atoms with Crippen LogP contribution in [-0.4, -0.2) is 24.0 Å². The van der Waals surface area contributed by atoms with Crippen LogP contribution in [0.2, 0.25) is 0 Å². The lowest BCUT2D eigenvalue weighted by molar-refractivity contribution is -0.121. The van der Waals surface area contributed by atoms with E-state index < -0.39 is 0 Å². The maximum Gasteiger partial charge on any atom is 0.231 e. The molecule has 2 N–H and O–H groups in total. The lowest BCUT2D eigenvalue weighted by Gasteiger charge is -2.25. The zero-order valence-corrected chi connectivity index (χ0v) is 9.37. The summed E-state index contributed by atoms with van der Waals surface area (Å²) < 4.78 is 0. The number of amides is 1. The van der Waals surface area contributed by atoms with Gasteiger partial charge in [-0.2, -0.15) is 0 Å². The molecule has 1 fully saturated rings. The highest BCUT2D eigenvalue weighted by molar-refractivity contribution is 7.15. The summed E-state index contributed by atoms with van der Waals surface area (Å²) in [5.74, 6) is 0.206. The number of thiazole rings is 1. The molecule has 1 saturated heterocycles. The Morgan fingerprint density at radius 3 is 2.86 bits per heavy atom. The molecule has 2 heterocycles. The number of carbonyl (C=O) groups is 1. The second-order valence-electron chi connectivity index (χ2n) is 3.12. The normalized spacial score (nSPS) is 15.5. The van der Waals surface area contributed by atoms with E-state index in [0.717, 1.165) is 18.0 Å². The van der Waals surface area contributed by atoms with Crippen LogP contribution in [0.3, 0.4) is 0 Å². The molecule has 0 aliphatic carbocycles. The van der Waals surface area contributed by atoms with Crippen molar-refractivity contribution in [2.24, 2.45) is 5.92 Å². The Kier molecular flexibility index (Phi) is 3.86. The second kappa shape index (κ2) is 4.72. The molecular formula is C8H12ClN3OS. The summed E-state index contributed by atoms with van der Waals surface area (Å²) in [6, 6.07) is 0. The van der Waals surface area contributed by atoms with Crippen LogP contribution in [0.5, 0.6) is 0 Å². The molecule has 78 valence electrons. The molecule has 0 saturated carbocycles. The van der Waals surface area contributed by atoms with Gasteiger partial charge in [0.1, 0.15) is 0 Å². The van der Waals surface area contributed by atoms with Gasteiger partial charge < -0.3 is 10.6 Å². The molecule has 1 aromatic rings. The van der Waals surface area contributed by atoms with Gasteiger partial charge >= 0.3 is 0 Å². The van der Waals surface area contributed by atoms with Gasteiger partial charge in [-0.05, 0) is 6.92 Å². The minimum absolute atomic E-state index is 0. The van der Waals surface area contributed by atoms with Gasteiger partial charge in [0.25, 0.3) is 0 Å². The predicted octanol–water partition coefficient (Wildman–Crippen LogP) is 1.03. The first-order valence-electron chi connectivity index (χ1n) is 4.20. The van der Waals surface area contributed by atoms with Crippen molar-refractivity contribution in [1.82, 2.24) is 10.3 Å². The van der Waals surface area contributed by atoms with Gasteiger partial charge in [-0.1, -0.05) is 0 Å². The molecule has 1 aromatic heterocycles. The van der Waals surface area contributed by atoms with Crippen LogP contribution in [-0.2, 0) is 4.79 Å². The number of carbonyl (C=O) groups excluding carboxylic acids is 1. The van der Waals surface area contributed by atoms with Gasteiger partial charge in [-0.15, -0.1) is 23.7 Å². The lowest BCUT2D eigenvalue weighted by Crippen LogP contribution is -2.48. The van der Waals surface area contributed by atoms with Crippen molar-refractivity contribution in [2.75, 3.05) is 18.4 Å². The number of aryl methyl sites for hydroxylation is 1. The summed E-state index contributed by atoms with van der Waals surface area (Å²) in [6.45, 7) is 3.55. The molecule has 0 aromatic carbocycles. The first kappa shape index (κ1) is 11.4. The highest BCUT2D eigenvalue weighted by atomic mass is 35.5. The van der Waals surface area contributed by atoms with E-state index in [2.05, 4.69) is 15.6 Å². The number of aromatic nitrogens is 1. The summed E-state index contributed by atoms with van der Waals surface area (Å²) in [4.78, 5) is 16.6. The molecule has 0 unspecified atom stereocenters. The quantitative estimate of drug-likeness (QED) is 0.803. The predicted molar refractivity (Wildman–Crippen MR) is 59.1 cm³/mol. The Morgan fingerprint density at radius 2 is 2.43 bits per heavy atom. The van der Waals surface area contributed by atoms with Crippen LogP contribution in [0.4, 0.5) is 5.13 Å². The molecule has 0 radical (unpaired) electrons. The van der Waals surface area contributed by atoms with Gasteiger partial charge in [0, 0.05) is 24.2 Å². The van der Waals surface area contributed by atoms with E-state index in [9.17, 15) is 4.79 Å². The van der Waals surface area contributed by atoms with Crippen molar-refractivity contribution >= 4 is 34.8 Å². The topological polar surface area (TPSA) is 54.0 Å².